The van der Waals surface area contributed by atoms with Gasteiger partial charge in [0.1, 0.15) is 5.41 Å². The number of nitrogens with one attached hydrogen (secondary N) is 2. The maximum atomic E-state index is 12.4. The number of anilines is 2. The highest BCUT2D eigenvalue weighted by Crippen LogP contribution is 2.23. The van der Waals surface area contributed by atoms with Crippen molar-refractivity contribution in [3.63, 3.8) is 0 Å². The summed E-state index contributed by atoms with van der Waals surface area (Å²) in [5, 5.41) is 6.39. The van der Waals surface area contributed by atoms with Crippen molar-refractivity contribution in [1.29, 1.82) is 0 Å². The highest BCUT2D eigenvalue weighted by molar-refractivity contribution is 6.31. The maximum absolute atomic E-state index is 12.4. The number of amides is 2. The van der Waals surface area contributed by atoms with Crippen LogP contribution < -0.4 is 10.6 Å². The Morgan fingerprint density at radius 2 is 1.22 bits per heavy atom. The van der Waals surface area contributed by atoms with Crippen molar-refractivity contribution in [2.45, 2.75) is 13.8 Å². The van der Waals surface area contributed by atoms with E-state index in [1.807, 2.05) is 0 Å². The molecule has 0 aliphatic carbocycles. The van der Waals surface area contributed by atoms with Crippen molar-refractivity contribution in [2.24, 2.45) is 5.41 Å². The standard InChI is InChI=1S/C17H16Cl2N2O2/c1-17(2,15(22)20-13-7-3-5-11(18)9-13)16(23)21-14-8-4-6-12(19)10-14/h3-10H,1-2H3,(H,20,22)(H,21,23). The van der Waals surface area contributed by atoms with Crippen LogP contribution in [0.4, 0.5) is 11.4 Å². The molecule has 0 atom stereocenters. The van der Waals surface area contributed by atoms with E-state index in [9.17, 15) is 9.59 Å². The van der Waals surface area contributed by atoms with Crippen molar-refractivity contribution in [2.75, 3.05) is 10.6 Å². The molecule has 2 rings (SSSR count). The van der Waals surface area contributed by atoms with Crippen LogP contribution in [0, 0.1) is 5.41 Å². The number of carbonyl (C=O) groups is 2. The van der Waals surface area contributed by atoms with Gasteiger partial charge in [-0.2, -0.15) is 0 Å². The second-order valence-electron chi connectivity index (χ2n) is 5.55. The fraction of sp³-hybridized carbons (Fsp3) is 0.176. The lowest BCUT2D eigenvalue weighted by Crippen LogP contribution is -2.41. The highest BCUT2D eigenvalue weighted by Gasteiger charge is 2.36. The third-order valence-electron chi connectivity index (χ3n) is 3.30. The average Bonchev–Trinajstić information content (AvgIpc) is 2.47. The Kier molecular flexibility index (Phi) is 5.29. The first-order valence-corrected chi connectivity index (χ1v) is 7.68. The number of hydrogen-bond acceptors (Lipinski definition) is 2. The molecule has 2 N–H and O–H groups in total. The van der Waals surface area contributed by atoms with Crippen LogP contribution in [0.15, 0.2) is 48.5 Å². The molecule has 0 fully saturated rings. The lowest BCUT2D eigenvalue weighted by atomic mass is 9.90. The second-order valence-corrected chi connectivity index (χ2v) is 6.43. The summed E-state index contributed by atoms with van der Waals surface area (Å²) < 4.78 is 0. The van der Waals surface area contributed by atoms with Gasteiger partial charge >= 0.3 is 0 Å². The molecule has 0 aliphatic rings. The first-order valence-electron chi connectivity index (χ1n) is 6.93. The van der Waals surface area contributed by atoms with Crippen LogP contribution in [0.3, 0.4) is 0 Å². The Labute approximate surface area is 144 Å². The Bertz CT molecular complexity index is 683. The third kappa shape index (κ3) is 4.47. The van der Waals surface area contributed by atoms with Gasteiger partial charge in [0.05, 0.1) is 0 Å². The molecular formula is C17H16Cl2N2O2. The van der Waals surface area contributed by atoms with Gasteiger partial charge in [0.2, 0.25) is 11.8 Å². The summed E-state index contributed by atoms with van der Waals surface area (Å²) in [6.07, 6.45) is 0. The highest BCUT2D eigenvalue weighted by atomic mass is 35.5. The fourth-order valence-electron chi connectivity index (χ4n) is 1.81. The van der Waals surface area contributed by atoms with E-state index in [4.69, 9.17) is 23.2 Å². The van der Waals surface area contributed by atoms with Crippen LogP contribution >= 0.6 is 23.2 Å². The van der Waals surface area contributed by atoms with Crippen LogP contribution in [0.1, 0.15) is 13.8 Å². The number of rotatable bonds is 4. The minimum Gasteiger partial charge on any atom is -0.325 e. The Morgan fingerprint density at radius 3 is 1.57 bits per heavy atom. The monoisotopic (exact) mass is 350 g/mol. The quantitative estimate of drug-likeness (QED) is 0.791. The Balaban J connectivity index is 2.09. The summed E-state index contributed by atoms with van der Waals surface area (Å²) in [6, 6.07) is 13.5. The Hall–Kier alpha value is -2.04. The van der Waals surface area contributed by atoms with E-state index in [0.29, 0.717) is 21.4 Å². The van der Waals surface area contributed by atoms with Crippen molar-refractivity contribution in [3.05, 3.63) is 58.6 Å². The molecule has 6 heteroatoms. The molecule has 4 nitrogen and oxygen atoms in total. The Morgan fingerprint density at radius 1 is 0.826 bits per heavy atom. The fourth-order valence-corrected chi connectivity index (χ4v) is 2.19. The summed E-state index contributed by atoms with van der Waals surface area (Å²) in [6.45, 7) is 3.10. The molecule has 0 aromatic heterocycles. The molecule has 0 heterocycles. The van der Waals surface area contributed by atoms with E-state index < -0.39 is 17.2 Å². The van der Waals surface area contributed by atoms with Gasteiger partial charge in [0.25, 0.3) is 0 Å². The van der Waals surface area contributed by atoms with Gasteiger partial charge < -0.3 is 10.6 Å². The molecule has 0 saturated heterocycles. The van der Waals surface area contributed by atoms with Crippen LogP contribution in [-0.2, 0) is 9.59 Å². The molecule has 0 saturated carbocycles. The van der Waals surface area contributed by atoms with Gasteiger partial charge in [-0.3, -0.25) is 9.59 Å². The van der Waals surface area contributed by atoms with Crippen molar-refractivity contribution in [1.82, 2.24) is 0 Å². The molecule has 2 aromatic rings. The number of halogens is 2. The van der Waals surface area contributed by atoms with Crippen molar-refractivity contribution in [3.8, 4) is 0 Å². The predicted molar refractivity (Wildman–Crippen MR) is 93.9 cm³/mol. The number of benzene rings is 2. The van der Waals surface area contributed by atoms with E-state index >= 15 is 0 Å². The summed E-state index contributed by atoms with van der Waals surface area (Å²) in [7, 11) is 0. The van der Waals surface area contributed by atoms with E-state index in [2.05, 4.69) is 10.6 Å². The molecule has 0 aliphatic heterocycles. The molecule has 2 aromatic carbocycles. The van der Waals surface area contributed by atoms with E-state index in [-0.39, 0.29) is 0 Å². The molecule has 0 radical (unpaired) electrons. The molecule has 0 spiro atoms. The summed E-state index contributed by atoms with van der Waals surface area (Å²) in [4.78, 5) is 24.8. The van der Waals surface area contributed by atoms with E-state index in [1.54, 1.807) is 62.4 Å². The van der Waals surface area contributed by atoms with E-state index in [0.717, 1.165) is 0 Å². The van der Waals surface area contributed by atoms with Gasteiger partial charge in [-0.25, -0.2) is 0 Å². The molecular weight excluding hydrogens is 335 g/mol. The van der Waals surface area contributed by atoms with Gasteiger partial charge in [0, 0.05) is 21.4 Å². The zero-order valence-corrected chi connectivity index (χ0v) is 14.2. The smallest absolute Gasteiger partial charge is 0.239 e. The molecule has 23 heavy (non-hydrogen) atoms. The zero-order valence-electron chi connectivity index (χ0n) is 12.7. The van der Waals surface area contributed by atoms with Gasteiger partial charge in [-0.05, 0) is 50.2 Å². The van der Waals surface area contributed by atoms with Gasteiger partial charge in [-0.1, -0.05) is 35.3 Å². The molecule has 120 valence electrons. The minimum absolute atomic E-state index is 0.431. The first kappa shape index (κ1) is 17.3. The normalized spacial score (nSPS) is 11.0. The van der Waals surface area contributed by atoms with Crippen LogP contribution in [0.5, 0.6) is 0 Å². The summed E-state index contributed by atoms with van der Waals surface area (Å²) in [5.41, 5.74) is -0.206. The summed E-state index contributed by atoms with van der Waals surface area (Å²) in [5.74, 6) is -0.862. The van der Waals surface area contributed by atoms with Crippen molar-refractivity contribution >= 4 is 46.4 Å². The predicted octanol–water partition coefficient (Wildman–Crippen LogP) is 4.60. The van der Waals surface area contributed by atoms with Crippen LogP contribution in [0.25, 0.3) is 0 Å². The second kappa shape index (κ2) is 7.02. The van der Waals surface area contributed by atoms with Gasteiger partial charge in [-0.15, -0.1) is 0 Å². The lowest BCUT2D eigenvalue weighted by Gasteiger charge is -2.22. The minimum atomic E-state index is -1.27. The largest absolute Gasteiger partial charge is 0.325 e. The maximum Gasteiger partial charge on any atom is 0.239 e. The summed E-state index contributed by atoms with van der Waals surface area (Å²) >= 11 is 11.8. The van der Waals surface area contributed by atoms with Crippen molar-refractivity contribution < 1.29 is 9.59 Å². The molecule has 0 unspecified atom stereocenters. The zero-order chi connectivity index (χ0) is 17.0. The number of carbonyl (C=O) groups excluding carboxylic acids is 2. The third-order valence-corrected chi connectivity index (χ3v) is 3.77. The molecule has 2 amide bonds. The SMILES string of the molecule is CC(C)(C(=O)Nc1cccc(Cl)c1)C(=O)Nc1cccc(Cl)c1. The van der Waals surface area contributed by atoms with Crippen LogP contribution in [0.2, 0.25) is 10.0 Å². The number of hydrogen-bond donors (Lipinski definition) is 2. The van der Waals surface area contributed by atoms with Crippen LogP contribution in [-0.4, -0.2) is 11.8 Å². The van der Waals surface area contributed by atoms with Gasteiger partial charge in [0.15, 0.2) is 0 Å². The first-order chi connectivity index (χ1) is 10.8. The lowest BCUT2D eigenvalue weighted by molar-refractivity contribution is -0.135. The topological polar surface area (TPSA) is 58.2 Å². The average molecular weight is 351 g/mol. The van der Waals surface area contributed by atoms with E-state index in [1.165, 1.54) is 0 Å². The molecule has 0 bridgehead atoms.